The van der Waals surface area contributed by atoms with Crippen molar-refractivity contribution in [3.05, 3.63) is 22.4 Å². The molecule has 0 aliphatic carbocycles. The van der Waals surface area contributed by atoms with Crippen LogP contribution in [0.15, 0.2) is 10.9 Å². The van der Waals surface area contributed by atoms with E-state index in [-0.39, 0.29) is 11.1 Å². The Morgan fingerprint density at radius 1 is 1.44 bits per heavy atom. The molecule has 1 fully saturated rings. The molecule has 0 unspecified atom stereocenters. The summed E-state index contributed by atoms with van der Waals surface area (Å²) < 4.78 is 1.47. The lowest BCUT2D eigenvalue weighted by atomic mass is 10.1. The topological polar surface area (TPSA) is 66.3 Å². The van der Waals surface area contributed by atoms with Crippen molar-refractivity contribution in [2.24, 2.45) is 0 Å². The van der Waals surface area contributed by atoms with E-state index in [0.717, 1.165) is 31.7 Å². The smallest absolute Gasteiger partial charge is 0.349 e. The summed E-state index contributed by atoms with van der Waals surface area (Å²) >= 11 is 6.09. The molecule has 0 atom stereocenters. The van der Waals surface area contributed by atoms with Gasteiger partial charge in [-0.1, -0.05) is 0 Å². The molecule has 3 heterocycles. The number of nitrogens with one attached hydrogen (secondary N) is 1. The van der Waals surface area contributed by atoms with Crippen molar-refractivity contribution in [1.29, 1.82) is 0 Å². The van der Waals surface area contributed by atoms with E-state index in [1.54, 1.807) is 0 Å². The number of aromatic nitrogens is 4. The highest BCUT2D eigenvalue weighted by atomic mass is 35.5. The number of fused-ring (bicyclic) bond motifs is 1. The second kappa shape index (κ2) is 4.28. The van der Waals surface area contributed by atoms with E-state index < -0.39 is 0 Å². The predicted molar refractivity (Wildman–Crippen MR) is 69.4 cm³/mol. The SMILES string of the molecule is Cc1nc(N2CCC(Cl)CC2)cc2n[nH]c(=O)n12. The van der Waals surface area contributed by atoms with Gasteiger partial charge in [-0.05, 0) is 19.8 Å². The van der Waals surface area contributed by atoms with Crippen LogP contribution in [0.2, 0.25) is 0 Å². The van der Waals surface area contributed by atoms with Crippen molar-refractivity contribution in [3.8, 4) is 0 Å². The summed E-state index contributed by atoms with van der Waals surface area (Å²) in [6, 6.07) is 1.83. The molecule has 0 radical (unpaired) electrons. The molecule has 1 saturated heterocycles. The molecule has 0 amide bonds. The summed E-state index contributed by atoms with van der Waals surface area (Å²) in [5.74, 6) is 1.51. The van der Waals surface area contributed by atoms with Crippen molar-refractivity contribution in [1.82, 2.24) is 19.6 Å². The zero-order valence-electron chi connectivity index (χ0n) is 10.1. The number of aryl methyl sites for hydroxylation is 1. The number of halogens is 1. The van der Waals surface area contributed by atoms with Gasteiger partial charge in [0.1, 0.15) is 11.6 Å². The van der Waals surface area contributed by atoms with Crippen LogP contribution in [-0.2, 0) is 0 Å². The van der Waals surface area contributed by atoms with Crippen molar-refractivity contribution >= 4 is 23.1 Å². The highest BCUT2D eigenvalue weighted by Crippen LogP contribution is 2.21. The normalized spacial score (nSPS) is 17.6. The Kier molecular flexibility index (Phi) is 2.74. The number of rotatable bonds is 1. The maximum Gasteiger partial charge on any atom is 0.349 e. The van der Waals surface area contributed by atoms with Gasteiger partial charge in [-0.2, -0.15) is 5.10 Å². The fraction of sp³-hybridized carbons (Fsp3) is 0.545. The second-order valence-corrected chi connectivity index (χ2v) is 5.16. The second-order valence-electron chi connectivity index (χ2n) is 4.55. The maximum atomic E-state index is 11.5. The van der Waals surface area contributed by atoms with Crippen LogP contribution >= 0.6 is 11.6 Å². The van der Waals surface area contributed by atoms with Crippen LogP contribution in [0.3, 0.4) is 0 Å². The van der Waals surface area contributed by atoms with Gasteiger partial charge in [0, 0.05) is 24.5 Å². The van der Waals surface area contributed by atoms with Gasteiger partial charge in [-0.3, -0.25) is 0 Å². The minimum atomic E-state index is -0.249. The molecule has 0 aromatic carbocycles. The van der Waals surface area contributed by atoms with Crippen molar-refractivity contribution < 1.29 is 0 Å². The zero-order chi connectivity index (χ0) is 12.7. The standard InChI is InChI=1S/C11H14ClN5O/c1-7-13-9(16-4-2-8(12)3-5-16)6-10-14-15-11(18)17(7)10/h6,8H,2-5H2,1H3,(H,15,18). The molecular weight excluding hydrogens is 254 g/mol. The van der Waals surface area contributed by atoms with E-state index in [1.807, 2.05) is 13.0 Å². The first-order chi connectivity index (χ1) is 8.65. The number of nitrogens with zero attached hydrogens (tertiary/aromatic N) is 4. The molecule has 1 aliphatic heterocycles. The summed E-state index contributed by atoms with van der Waals surface area (Å²) in [5, 5.41) is 6.68. The van der Waals surface area contributed by atoms with Crippen LogP contribution in [0, 0.1) is 6.92 Å². The van der Waals surface area contributed by atoms with Gasteiger partial charge >= 0.3 is 5.69 Å². The third kappa shape index (κ3) is 1.86. The third-order valence-corrected chi connectivity index (χ3v) is 3.74. The van der Waals surface area contributed by atoms with Gasteiger partial charge in [0.05, 0.1) is 0 Å². The molecule has 1 N–H and O–H groups in total. The Morgan fingerprint density at radius 2 is 2.17 bits per heavy atom. The number of piperidine rings is 1. The number of aromatic amines is 1. The molecule has 18 heavy (non-hydrogen) atoms. The lowest BCUT2D eigenvalue weighted by Gasteiger charge is -2.30. The molecule has 1 aliphatic rings. The number of anilines is 1. The van der Waals surface area contributed by atoms with Gasteiger partial charge in [0.15, 0.2) is 5.65 Å². The van der Waals surface area contributed by atoms with E-state index >= 15 is 0 Å². The zero-order valence-corrected chi connectivity index (χ0v) is 10.8. The predicted octanol–water partition coefficient (Wildman–Crippen LogP) is 0.934. The molecule has 6 nitrogen and oxygen atoms in total. The number of hydrogen-bond donors (Lipinski definition) is 1. The Morgan fingerprint density at radius 3 is 2.89 bits per heavy atom. The average Bonchev–Trinajstić information content (AvgIpc) is 2.72. The van der Waals surface area contributed by atoms with Gasteiger partial charge < -0.3 is 4.90 Å². The number of alkyl halides is 1. The van der Waals surface area contributed by atoms with E-state index in [9.17, 15) is 4.79 Å². The van der Waals surface area contributed by atoms with Crippen molar-refractivity contribution in [3.63, 3.8) is 0 Å². The lowest BCUT2D eigenvalue weighted by Crippen LogP contribution is -2.35. The average molecular weight is 268 g/mol. The minimum absolute atomic E-state index is 0.249. The van der Waals surface area contributed by atoms with Crippen molar-refractivity contribution in [2.75, 3.05) is 18.0 Å². The van der Waals surface area contributed by atoms with E-state index in [4.69, 9.17) is 11.6 Å². The summed E-state index contributed by atoms with van der Waals surface area (Å²) in [6.07, 6.45) is 1.92. The molecule has 7 heteroatoms. The number of H-pyrrole nitrogens is 1. The van der Waals surface area contributed by atoms with Gasteiger partial charge in [-0.15, -0.1) is 11.6 Å². The molecule has 0 spiro atoms. The van der Waals surface area contributed by atoms with E-state index in [2.05, 4.69) is 20.1 Å². The Bertz CT molecular complexity index is 626. The summed E-state index contributed by atoms with van der Waals surface area (Å²) in [6.45, 7) is 3.60. The van der Waals surface area contributed by atoms with Gasteiger partial charge in [0.2, 0.25) is 0 Å². The molecule has 96 valence electrons. The van der Waals surface area contributed by atoms with Crippen molar-refractivity contribution in [2.45, 2.75) is 25.1 Å². The first-order valence-electron chi connectivity index (χ1n) is 5.99. The minimum Gasteiger partial charge on any atom is -0.356 e. The number of hydrogen-bond acceptors (Lipinski definition) is 4. The highest BCUT2D eigenvalue weighted by molar-refractivity contribution is 6.20. The van der Waals surface area contributed by atoms with Crippen LogP contribution in [0.1, 0.15) is 18.7 Å². The maximum absolute atomic E-state index is 11.5. The summed E-state index contributed by atoms with van der Waals surface area (Å²) in [4.78, 5) is 18.2. The molecular formula is C11H14ClN5O. The fourth-order valence-corrected chi connectivity index (χ4v) is 2.52. The van der Waals surface area contributed by atoms with E-state index in [0.29, 0.717) is 11.5 Å². The molecule has 2 aromatic rings. The quantitative estimate of drug-likeness (QED) is 0.781. The first kappa shape index (κ1) is 11.5. The molecule has 0 bridgehead atoms. The highest BCUT2D eigenvalue weighted by Gasteiger charge is 2.19. The third-order valence-electron chi connectivity index (χ3n) is 3.30. The largest absolute Gasteiger partial charge is 0.356 e. The molecule has 2 aromatic heterocycles. The summed E-state index contributed by atoms with van der Waals surface area (Å²) in [5.41, 5.74) is 0.358. The summed E-state index contributed by atoms with van der Waals surface area (Å²) in [7, 11) is 0. The Balaban J connectivity index is 2.00. The monoisotopic (exact) mass is 267 g/mol. The van der Waals surface area contributed by atoms with Crippen LogP contribution in [0.4, 0.5) is 5.82 Å². The first-order valence-corrected chi connectivity index (χ1v) is 6.42. The van der Waals surface area contributed by atoms with Crippen LogP contribution < -0.4 is 10.6 Å². The Labute approximate surface area is 109 Å². The van der Waals surface area contributed by atoms with Gasteiger partial charge in [-0.25, -0.2) is 19.3 Å². The molecule has 0 saturated carbocycles. The van der Waals surface area contributed by atoms with E-state index in [1.165, 1.54) is 4.40 Å². The van der Waals surface area contributed by atoms with Crippen LogP contribution in [-0.4, -0.2) is 38.0 Å². The fourth-order valence-electron chi connectivity index (χ4n) is 2.32. The lowest BCUT2D eigenvalue weighted by molar-refractivity contribution is 0.579. The van der Waals surface area contributed by atoms with Gasteiger partial charge in [0.25, 0.3) is 0 Å². The van der Waals surface area contributed by atoms with Crippen LogP contribution in [0.5, 0.6) is 0 Å². The Hall–Kier alpha value is -1.56. The van der Waals surface area contributed by atoms with Crippen LogP contribution in [0.25, 0.3) is 5.65 Å². The molecule has 3 rings (SSSR count).